The van der Waals surface area contributed by atoms with E-state index in [-0.39, 0.29) is 23.7 Å². The van der Waals surface area contributed by atoms with Crippen LogP contribution >= 0.6 is 12.2 Å². The molecule has 7 heteroatoms. The van der Waals surface area contributed by atoms with Gasteiger partial charge in [0, 0.05) is 5.56 Å². The lowest BCUT2D eigenvalue weighted by Gasteiger charge is -1.92. The van der Waals surface area contributed by atoms with Gasteiger partial charge >= 0.3 is 5.69 Å². The van der Waals surface area contributed by atoms with Crippen LogP contribution in [-0.2, 0) is 0 Å². The fraction of sp³-hybridized carbons (Fsp3) is 0.0909. The van der Waals surface area contributed by atoms with Crippen molar-refractivity contribution in [3.05, 3.63) is 45.6 Å². The first-order valence-corrected chi connectivity index (χ1v) is 5.29. The Morgan fingerprint density at radius 1 is 1.17 bits per heavy atom. The molecule has 0 aliphatic heterocycles. The molecule has 2 aromatic heterocycles. The molecule has 2 N–H and O–H groups in total. The quantitative estimate of drug-likeness (QED) is 0.654. The van der Waals surface area contributed by atoms with Crippen LogP contribution in [0, 0.1) is 4.77 Å². The highest BCUT2D eigenvalue weighted by Gasteiger charge is 2.06. The Bertz CT molecular complexity index is 786. The molecule has 3 aromatic rings. The molecule has 0 saturated heterocycles. The first kappa shape index (κ1) is 12.2. The summed E-state index contributed by atoms with van der Waals surface area (Å²) in [5, 5.41) is 2.86. The van der Waals surface area contributed by atoms with E-state index in [2.05, 4.69) is 20.1 Å². The summed E-state index contributed by atoms with van der Waals surface area (Å²) in [5.74, 6) is 0.835. The Morgan fingerprint density at radius 3 is 2.61 bits per heavy atom. The van der Waals surface area contributed by atoms with E-state index in [0.29, 0.717) is 5.82 Å². The molecule has 18 heavy (non-hydrogen) atoms. The number of nitrogens with zero attached hydrogens (tertiary/aromatic N) is 3. The summed E-state index contributed by atoms with van der Waals surface area (Å²) in [4.78, 5) is 22.2. The summed E-state index contributed by atoms with van der Waals surface area (Å²) in [6, 6.07) is 9.47. The van der Waals surface area contributed by atoms with Crippen molar-refractivity contribution < 1.29 is 0 Å². The second-order valence-electron chi connectivity index (χ2n) is 3.42. The molecule has 0 saturated carbocycles. The highest BCUT2D eigenvalue weighted by Crippen LogP contribution is 2.13. The summed E-state index contributed by atoms with van der Waals surface area (Å²) >= 11 is 4.82. The van der Waals surface area contributed by atoms with Crippen molar-refractivity contribution in [2.75, 3.05) is 0 Å². The maximum atomic E-state index is 11.6. The molecular formula is C11H11N5OS. The topological polar surface area (TPSA) is 78.8 Å². The van der Waals surface area contributed by atoms with Gasteiger partial charge in [-0.25, -0.2) is 4.79 Å². The van der Waals surface area contributed by atoms with E-state index < -0.39 is 0 Å². The maximum Gasteiger partial charge on any atom is 0.349 e. The Morgan fingerprint density at radius 2 is 1.89 bits per heavy atom. The molecule has 2 heterocycles. The number of hydrogen-bond acceptors (Lipinski definition) is 4. The van der Waals surface area contributed by atoms with Gasteiger partial charge < -0.3 is 0 Å². The van der Waals surface area contributed by atoms with Crippen LogP contribution in [0.15, 0.2) is 35.1 Å². The fourth-order valence-electron chi connectivity index (χ4n) is 1.54. The van der Waals surface area contributed by atoms with Crippen LogP contribution in [0.25, 0.3) is 17.2 Å². The zero-order valence-corrected chi connectivity index (χ0v) is 9.36. The van der Waals surface area contributed by atoms with E-state index in [0.717, 1.165) is 5.56 Å². The van der Waals surface area contributed by atoms with Crippen LogP contribution in [0.3, 0.4) is 0 Å². The Labute approximate surface area is 107 Å². The smallest absolute Gasteiger partial charge is 0.281 e. The van der Waals surface area contributed by atoms with Crippen LogP contribution < -0.4 is 5.69 Å². The van der Waals surface area contributed by atoms with Crippen molar-refractivity contribution in [1.29, 1.82) is 0 Å². The van der Waals surface area contributed by atoms with Crippen LogP contribution in [0.5, 0.6) is 0 Å². The highest BCUT2D eigenvalue weighted by atomic mass is 32.1. The van der Waals surface area contributed by atoms with E-state index >= 15 is 0 Å². The number of H-pyrrole nitrogens is 2. The normalized spacial score (nSPS) is 10.2. The van der Waals surface area contributed by atoms with Gasteiger partial charge in [0.05, 0.1) is 0 Å². The first-order valence-electron chi connectivity index (χ1n) is 4.88. The number of rotatable bonds is 1. The summed E-state index contributed by atoms with van der Waals surface area (Å²) in [5.41, 5.74) is 0.498. The van der Waals surface area contributed by atoms with Crippen molar-refractivity contribution in [3.63, 3.8) is 0 Å². The van der Waals surface area contributed by atoms with Crippen molar-refractivity contribution in [1.82, 2.24) is 24.6 Å². The molecule has 0 aliphatic carbocycles. The largest absolute Gasteiger partial charge is 0.349 e. The summed E-state index contributed by atoms with van der Waals surface area (Å²) in [6.07, 6.45) is 0. The predicted octanol–water partition coefficient (Wildman–Crippen LogP) is 1.78. The molecule has 0 amide bonds. The minimum Gasteiger partial charge on any atom is -0.281 e. The third kappa shape index (κ3) is 1.95. The van der Waals surface area contributed by atoms with E-state index in [9.17, 15) is 4.79 Å². The maximum absolute atomic E-state index is 11.6. The SMILES string of the molecule is C.O=c1[nH]c(=S)nc2nc(-c3ccccc3)[nH]n12. The second-order valence-corrected chi connectivity index (χ2v) is 3.81. The minimum absolute atomic E-state index is 0. The number of fused-ring (bicyclic) bond motifs is 1. The zero-order chi connectivity index (χ0) is 11.8. The van der Waals surface area contributed by atoms with Gasteiger partial charge in [0.25, 0.3) is 5.78 Å². The monoisotopic (exact) mass is 261 g/mol. The molecule has 0 fully saturated rings. The number of nitrogens with one attached hydrogen (secondary N) is 2. The summed E-state index contributed by atoms with van der Waals surface area (Å²) in [6.45, 7) is 0. The van der Waals surface area contributed by atoms with E-state index in [4.69, 9.17) is 12.2 Å². The lowest BCUT2D eigenvalue weighted by molar-refractivity contribution is 0.834. The molecule has 92 valence electrons. The van der Waals surface area contributed by atoms with Gasteiger partial charge in [0.15, 0.2) is 5.82 Å². The van der Waals surface area contributed by atoms with Gasteiger partial charge in [-0.2, -0.15) is 14.5 Å². The van der Waals surface area contributed by atoms with E-state index in [1.54, 1.807) is 0 Å². The van der Waals surface area contributed by atoms with Crippen molar-refractivity contribution in [2.24, 2.45) is 0 Å². The van der Waals surface area contributed by atoms with Crippen LogP contribution in [0.4, 0.5) is 0 Å². The molecule has 0 unspecified atom stereocenters. The third-order valence-electron chi connectivity index (χ3n) is 2.30. The Kier molecular flexibility index (Phi) is 3.07. The van der Waals surface area contributed by atoms with Gasteiger partial charge in [0.2, 0.25) is 4.77 Å². The molecule has 6 nitrogen and oxygen atoms in total. The van der Waals surface area contributed by atoms with Crippen LogP contribution in [-0.4, -0.2) is 24.6 Å². The Hall–Kier alpha value is -2.28. The standard InChI is InChI=1S/C10H7N5OS.CH4/c16-10-13-9(17)12-8-11-7(14-15(8)10)6-4-2-1-3-5-6;/h1-5H,(H2,11,12,13,14,16,17);1H4. The molecule has 0 bridgehead atoms. The number of benzene rings is 1. The lowest BCUT2D eigenvalue weighted by atomic mass is 10.2. The lowest BCUT2D eigenvalue weighted by Crippen LogP contribution is -2.18. The summed E-state index contributed by atoms with van der Waals surface area (Å²) in [7, 11) is 0. The molecule has 0 aliphatic rings. The average Bonchev–Trinajstić information content (AvgIpc) is 2.74. The van der Waals surface area contributed by atoms with Crippen molar-refractivity contribution in [2.45, 2.75) is 7.43 Å². The van der Waals surface area contributed by atoms with Crippen molar-refractivity contribution >= 4 is 18.0 Å². The Balaban J connectivity index is 0.00000120. The molecule has 0 atom stereocenters. The molecule has 1 aromatic carbocycles. The van der Waals surface area contributed by atoms with Gasteiger partial charge in [-0.1, -0.05) is 37.8 Å². The molecule has 3 rings (SSSR count). The van der Waals surface area contributed by atoms with Gasteiger partial charge in [-0.05, 0) is 12.2 Å². The second kappa shape index (κ2) is 4.53. The zero-order valence-electron chi connectivity index (χ0n) is 8.54. The average molecular weight is 261 g/mol. The van der Waals surface area contributed by atoms with Gasteiger partial charge in [-0.15, -0.1) is 0 Å². The van der Waals surface area contributed by atoms with Crippen molar-refractivity contribution in [3.8, 4) is 11.4 Å². The highest BCUT2D eigenvalue weighted by molar-refractivity contribution is 7.71. The third-order valence-corrected chi connectivity index (χ3v) is 2.49. The number of aromatic nitrogens is 5. The first-order chi connectivity index (χ1) is 8.24. The minimum atomic E-state index is -0.380. The van der Waals surface area contributed by atoms with Gasteiger partial charge in [-0.3, -0.25) is 10.1 Å². The number of aromatic amines is 2. The van der Waals surface area contributed by atoms with Crippen LogP contribution in [0.2, 0.25) is 0 Å². The predicted molar refractivity (Wildman–Crippen MR) is 71.0 cm³/mol. The summed E-state index contributed by atoms with van der Waals surface area (Å²) < 4.78 is 1.35. The van der Waals surface area contributed by atoms with Crippen LogP contribution in [0.1, 0.15) is 7.43 Å². The van der Waals surface area contributed by atoms with E-state index in [1.165, 1.54) is 4.52 Å². The van der Waals surface area contributed by atoms with E-state index in [1.807, 2.05) is 30.3 Å². The molecular weight excluding hydrogens is 250 g/mol. The van der Waals surface area contributed by atoms with Gasteiger partial charge in [0.1, 0.15) is 0 Å². The molecule has 0 spiro atoms. The fourth-order valence-corrected chi connectivity index (χ4v) is 1.71. The number of hydrogen-bond donors (Lipinski definition) is 2. The molecule has 0 radical (unpaired) electrons.